The molecule has 5 heteroatoms. The van der Waals surface area contributed by atoms with Crippen molar-refractivity contribution >= 4 is 6.03 Å². The van der Waals surface area contributed by atoms with Gasteiger partial charge in [0.05, 0.1) is 6.04 Å². The Labute approximate surface area is 137 Å². The lowest BCUT2D eigenvalue weighted by Gasteiger charge is -2.26. The van der Waals surface area contributed by atoms with Gasteiger partial charge in [-0.3, -0.25) is 0 Å². The number of fused-ring (bicyclic) bond motifs is 1. The zero-order valence-electron chi connectivity index (χ0n) is 13.9. The van der Waals surface area contributed by atoms with Gasteiger partial charge in [-0.05, 0) is 36.5 Å². The highest BCUT2D eigenvalue weighted by Crippen LogP contribution is 2.34. The van der Waals surface area contributed by atoms with Crippen molar-refractivity contribution in [1.82, 2.24) is 10.6 Å². The summed E-state index contributed by atoms with van der Waals surface area (Å²) in [6, 6.07) is 6.11. The molecule has 1 saturated carbocycles. The summed E-state index contributed by atoms with van der Waals surface area (Å²) >= 11 is 0. The van der Waals surface area contributed by atoms with E-state index in [4.69, 9.17) is 9.47 Å². The maximum absolute atomic E-state index is 12.3. The standard InChI is InChI=1S/C18H26N2O3/c1-12(2)17(20-18(21)19-14-5-3-4-6-14)13-7-8-15-16(11-13)23-10-9-22-15/h7-8,11-12,14,17H,3-6,9-10H2,1-2H3,(H2,19,20,21)/t17-/m0/s1. The molecule has 2 aliphatic rings. The molecule has 0 saturated heterocycles. The fourth-order valence-electron chi connectivity index (χ4n) is 3.33. The molecule has 1 atom stereocenters. The maximum atomic E-state index is 12.3. The minimum atomic E-state index is -0.0783. The normalized spacial score (nSPS) is 18.7. The Bertz CT molecular complexity index is 553. The number of nitrogens with one attached hydrogen (secondary N) is 2. The molecule has 0 aromatic heterocycles. The van der Waals surface area contributed by atoms with Crippen LogP contribution in [0.4, 0.5) is 4.79 Å². The van der Waals surface area contributed by atoms with Crippen LogP contribution in [-0.4, -0.2) is 25.3 Å². The molecule has 1 aromatic carbocycles. The fourth-order valence-corrected chi connectivity index (χ4v) is 3.33. The van der Waals surface area contributed by atoms with E-state index in [1.54, 1.807) is 0 Å². The molecule has 23 heavy (non-hydrogen) atoms. The van der Waals surface area contributed by atoms with Gasteiger partial charge in [-0.25, -0.2) is 4.79 Å². The Morgan fingerprint density at radius 2 is 1.83 bits per heavy atom. The van der Waals surface area contributed by atoms with Crippen LogP contribution in [0.15, 0.2) is 18.2 Å². The summed E-state index contributed by atoms with van der Waals surface area (Å²) in [7, 11) is 0. The van der Waals surface area contributed by atoms with E-state index in [1.807, 2.05) is 18.2 Å². The first-order valence-corrected chi connectivity index (χ1v) is 8.60. The van der Waals surface area contributed by atoms with Gasteiger partial charge in [0.2, 0.25) is 0 Å². The van der Waals surface area contributed by atoms with Gasteiger partial charge >= 0.3 is 6.03 Å². The molecule has 1 aliphatic carbocycles. The Kier molecular flexibility index (Phi) is 4.94. The second kappa shape index (κ2) is 7.11. The maximum Gasteiger partial charge on any atom is 0.315 e. The van der Waals surface area contributed by atoms with Crippen LogP contribution in [0.5, 0.6) is 11.5 Å². The average molecular weight is 318 g/mol. The number of carbonyl (C=O) groups is 1. The van der Waals surface area contributed by atoms with Gasteiger partial charge in [0.1, 0.15) is 13.2 Å². The van der Waals surface area contributed by atoms with Gasteiger partial charge in [0.25, 0.3) is 0 Å². The smallest absolute Gasteiger partial charge is 0.315 e. The highest BCUT2D eigenvalue weighted by molar-refractivity contribution is 5.75. The van der Waals surface area contributed by atoms with Gasteiger partial charge in [0.15, 0.2) is 11.5 Å². The Hall–Kier alpha value is -1.91. The summed E-state index contributed by atoms with van der Waals surface area (Å²) < 4.78 is 11.2. The molecular weight excluding hydrogens is 292 g/mol. The third-order valence-corrected chi connectivity index (χ3v) is 4.57. The Morgan fingerprint density at radius 3 is 2.52 bits per heavy atom. The fraction of sp³-hybridized carbons (Fsp3) is 0.611. The second-order valence-corrected chi connectivity index (χ2v) is 6.72. The van der Waals surface area contributed by atoms with Crippen molar-refractivity contribution in [1.29, 1.82) is 0 Å². The summed E-state index contributed by atoms with van der Waals surface area (Å²) in [5.74, 6) is 1.82. The van der Waals surface area contributed by atoms with Crippen LogP contribution < -0.4 is 20.1 Å². The zero-order chi connectivity index (χ0) is 16.2. The lowest BCUT2D eigenvalue weighted by Crippen LogP contribution is -2.43. The first kappa shape index (κ1) is 16.0. The molecule has 2 amide bonds. The highest BCUT2D eigenvalue weighted by Gasteiger charge is 2.23. The first-order chi connectivity index (χ1) is 11.1. The number of urea groups is 1. The molecule has 3 rings (SSSR count). The van der Waals surface area contributed by atoms with Crippen LogP contribution in [0, 0.1) is 5.92 Å². The molecule has 126 valence electrons. The number of benzene rings is 1. The van der Waals surface area contributed by atoms with E-state index in [1.165, 1.54) is 12.8 Å². The molecule has 1 heterocycles. The summed E-state index contributed by atoms with van der Waals surface area (Å²) in [6.45, 7) is 5.37. The lowest BCUT2D eigenvalue weighted by molar-refractivity contribution is 0.171. The molecule has 0 radical (unpaired) electrons. The predicted octanol–water partition coefficient (Wildman–Crippen LogP) is 3.40. The van der Waals surface area contributed by atoms with E-state index < -0.39 is 0 Å². The monoisotopic (exact) mass is 318 g/mol. The van der Waals surface area contributed by atoms with Gasteiger partial charge in [-0.2, -0.15) is 0 Å². The zero-order valence-corrected chi connectivity index (χ0v) is 13.9. The van der Waals surface area contributed by atoms with E-state index in [0.717, 1.165) is 29.9 Å². The van der Waals surface area contributed by atoms with E-state index in [-0.39, 0.29) is 18.0 Å². The van der Waals surface area contributed by atoms with Crippen LogP contribution in [0.1, 0.15) is 51.1 Å². The molecule has 1 fully saturated rings. The number of ether oxygens (including phenoxy) is 2. The molecule has 1 aliphatic heterocycles. The summed E-state index contributed by atoms with van der Waals surface area (Å²) in [4.78, 5) is 12.3. The highest BCUT2D eigenvalue weighted by atomic mass is 16.6. The van der Waals surface area contributed by atoms with Crippen molar-refractivity contribution < 1.29 is 14.3 Å². The molecule has 0 spiro atoms. The van der Waals surface area contributed by atoms with E-state index in [9.17, 15) is 4.79 Å². The molecular formula is C18H26N2O3. The van der Waals surface area contributed by atoms with Gasteiger partial charge in [-0.15, -0.1) is 0 Å². The number of hydrogen-bond donors (Lipinski definition) is 2. The van der Waals surface area contributed by atoms with Crippen LogP contribution in [-0.2, 0) is 0 Å². The number of amides is 2. The van der Waals surface area contributed by atoms with Crippen LogP contribution >= 0.6 is 0 Å². The minimum Gasteiger partial charge on any atom is -0.486 e. The van der Waals surface area contributed by atoms with Gasteiger partial charge in [0, 0.05) is 6.04 Å². The van der Waals surface area contributed by atoms with Crippen LogP contribution in [0.3, 0.4) is 0 Å². The van der Waals surface area contributed by atoms with Crippen molar-refractivity contribution in [3.05, 3.63) is 23.8 Å². The largest absolute Gasteiger partial charge is 0.486 e. The lowest BCUT2D eigenvalue weighted by atomic mass is 9.95. The molecule has 0 bridgehead atoms. The second-order valence-electron chi connectivity index (χ2n) is 6.72. The topological polar surface area (TPSA) is 59.6 Å². The van der Waals surface area contributed by atoms with Gasteiger partial charge < -0.3 is 20.1 Å². The predicted molar refractivity (Wildman–Crippen MR) is 88.9 cm³/mol. The minimum absolute atomic E-state index is 0.0489. The van der Waals surface area contributed by atoms with E-state index >= 15 is 0 Å². The quantitative estimate of drug-likeness (QED) is 0.894. The third-order valence-electron chi connectivity index (χ3n) is 4.57. The van der Waals surface area contributed by atoms with E-state index in [0.29, 0.717) is 19.3 Å². The van der Waals surface area contributed by atoms with Crippen molar-refractivity contribution in [3.63, 3.8) is 0 Å². The number of rotatable bonds is 4. The van der Waals surface area contributed by atoms with Crippen molar-refractivity contribution in [2.75, 3.05) is 13.2 Å². The first-order valence-electron chi connectivity index (χ1n) is 8.60. The summed E-state index contributed by atoms with van der Waals surface area (Å²) in [6.07, 6.45) is 4.59. The van der Waals surface area contributed by atoms with Crippen molar-refractivity contribution in [2.24, 2.45) is 5.92 Å². The summed E-state index contributed by atoms with van der Waals surface area (Å²) in [5.41, 5.74) is 1.05. The van der Waals surface area contributed by atoms with Crippen molar-refractivity contribution in [2.45, 2.75) is 51.6 Å². The van der Waals surface area contributed by atoms with Gasteiger partial charge in [-0.1, -0.05) is 32.8 Å². The number of hydrogen-bond acceptors (Lipinski definition) is 3. The molecule has 0 unspecified atom stereocenters. The molecule has 1 aromatic rings. The molecule has 2 N–H and O–H groups in total. The Morgan fingerprint density at radius 1 is 1.13 bits per heavy atom. The number of carbonyl (C=O) groups excluding carboxylic acids is 1. The van der Waals surface area contributed by atoms with Crippen molar-refractivity contribution in [3.8, 4) is 11.5 Å². The van der Waals surface area contributed by atoms with Crippen LogP contribution in [0.25, 0.3) is 0 Å². The SMILES string of the molecule is CC(C)[C@H](NC(=O)NC1CCCC1)c1ccc2c(c1)OCCO2. The average Bonchev–Trinajstić information content (AvgIpc) is 3.05. The van der Waals surface area contributed by atoms with E-state index in [2.05, 4.69) is 24.5 Å². The molecule has 5 nitrogen and oxygen atoms in total. The van der Waals surface area contributed by atoms with Crippen LogP contribution in [0.2, 0.25) is 0 Å². The third kappa shape index (κ3) is 3.89. The Balaban J connectivity index is 1.69. The summed E-state index contributed by atoms with van der Waals surface area (Å²) in [5, 5.41) is 6.21.